The summed E-state index contributed by atoms with van der Waals surface area (Å²) < 4.78 is 0. The minimum absolute atomic E-state index is 0.212. The van der Waals surface area contributed by atoms with Crippen LogP contribution in [-0.4, -0.2) is 22.6 Å². The van der Waals surface area contributed by atoms with Crippen LogP contribution < -0.4 is 0 Å². The van der Waals surface area contributed by atoms with Gasteiger partial charge in [-0.25, -0.2) is 0 Å². The van der Waals surface area contributed by atoms with Gasteiger partial charge in [0.2, 0.25) is 0 Å². The number of hydrogen-bond donors (Lipinski definition) is 1. The van der Waals surface area contributed by atoms with Crippen molar-refractivity contribution in [1.29, 1.82) is 0 Å². The van der Waals surface area contributed by atoms with E-state index in [1.807, 2.05) is 30.3 Å². The van der Waals surface area contributed by atoms with E-state index >= 15 is 0 Å². The molecule has 0 fully saturated rings. The molecule has 1 atom stereocenters. The first-order valence-electron chi connectivity index (χ1n) is 5.02. The van der Waals surface area contributed by atoms with Gasteiger partial charge >= 0.3 is 5.97 Å². The molecule has 0 aromatic heterocycles. The molecule has 0 heterocycles. The Morgan fingerprint density at radius 3 is 2.50 bits per heavy atom. The van der Waals surface area contributed by atoms with Crippen LogP contribution in [0, 0.1) is 5.92 Å². The molecule has 1 aromatic carbocycles. The van der Waals surface area contributed by atoms with Crippen molar-refractivity contribution in [2.75, 3.05) is 5.75 Å². The summed E-state index contributed by atoms with van der Waals surface area (Å²) in [6.07, 6.45) is -0.378. The van der Waals surface area contributed by atoms with E-state index in [2.05, 4.69) is 0 Å². The second kappa shape index (κ2) is 6.33. The lowest BCUT2D eigenvalue weighted by atomic mass is 10.1. The average molecular weight is 238 g/mol. The fourth-order valence-corrected chi connectivity index (χ4v) is 2.13. The van der Waals surface area contributed by atoms with Crippen molar-refractivity contribution < 1.29 is 14.7 Å². The van der Waals surface area contributed by atoms with Gasteiger partial charge in [-0.3, -0.25) is 9.59 Å². The number of hydrogen-bond acceptors (Lipinski definition) is 3. The minimum atomic E-state index is -1.05. The van der Waals surface area contributed by atoms with E-state index in [1.165, 1.54) is 0 Å². The first kappa shape index (κ1) is 12.8. The molecule has 0 aliphatic carbocycles. The summed E-state index contributed by atoms with van der Waals surface area (Å²) in [7, 11) is 0. The summed E-state index contributed by atoms with van der Waals surface area (Å²) in [6.45, 7) is 1.77. The first-order chi connectivity index (χ1) is 7.59. The number of thioether (sulfide) groups is 1. The maximum Gasteiger partial charge on any atom is 0.310 e. The van der Waals surface area contributed by atoms with Crippen molar-refractivity contribution in [3.8, 4) is 0 Å². The van der Waals surface area contributed by atoms with E-state index in [1.54, 1.807) is 18.7 Å². The normalized spacial score (nSPS) is 12.1. The van der Waals surface area contributed by atoms with Crippen LogP contribution in [0.2, 0.25) is 0 Å². The molecule has 16 heavy (non-hydrogen) atoms. The van der Waals surface area contributed by atoms with Crippen LogP contribution in [0.25, 0.3) is 0 Å². The first-order valence-corrected chi connectivity index (χ1v) is 6.00. The molecule has 1 rings (SSSR count). The molecule has 0 amide bonds. The molecule has 1 aromatic rings. The van der Waals surface area contributed by atoms with Gasteiger partial charge in [0.1, 0.15) is 12.2 Å². The summed E-state index contributed by atoms with van der Waals surface area (Å²) in [5.74, 6) is -0.866. The fourth-order valence-electron chi connectivity index (χ4n) is 1.15. The summed E-state index contributed by atoms with van der Waals surface area (Å²) in [5.41, 5.74) is 0. The molecule has 0 bridgehead atoms. The predicted octanol–water partition coefficient (Wildman–Crippen LogP) is 2.46. The van der Waals surface area contributed by atoms with Crippen molar-refractivity contribution in [3.63, 3.8) is 0 Å². The van der Waals surface area contributed by atoms with Gasteiger partial charge in [-0.1, -0.05) is 25.1 Å². The smallest absolute Gasteiger partial charge is 0.310 e. The third-order valence-corrected chi connectivity index (χ3v) is 3.39. The molecular weight excluding hydrogens is 224 g/mol. The van der Waals surface area contributed by atoms with Gasteiger partial charge in [-0.15, -0.1) is 11.8 Å². The lowest BCUT2D eigenvalue weighted by molar-refractivity contribution is -0.140. The number of carbonyl (C=O) groups is 2. The third-order valence-electron chi connectivity index (χ3n) is 2.12. The van der Waals surface area contributed by atoms with E-state index in [0.717, 1.165) is 4.90 Å². The lowest BCUT2D eigenvalue weighted by Gasteiger charge is -2.08. The van der Waals surface area contributed by atoms with E-state index in [0.29, 0.717) is 5.75 Å². The average Bonchev–Trinajstić information content (AvgIpc) is 2.26. The zero-order valence-corrected chi connectivity index (χ0v) is 9.87. The lowest BCUT2D eigenvalue weighted by Crippen LogP contribution is -2.17. The number of ketones is 1. The largest absolute Gasteiger partial charge is 0.481 e. The highest BCUT2D eigenvalue weighted by atomic mass is 32.2. The van der Waals surface area contributed by atoms with Gasteiger partial charge in [0.05, 0.1) is 0 Å². The second-order valence-electron chi connectivity index (χ2n) is 3.56. The van der Waals surface area contributed by atoms with Crippen molar-refractivity contribution in [2.45, 2.75) is 18.2 Å². The summed E-state index contributed by atoms with van der Waals surface area (Å²) >= 11 is 1.57. The highest BCUT2D eigenvalue weighted by molar-refractivity contribution is 7.99. The molecule has 1 unspecified atom stereocenters. The third kappa shape index (κ3) is 4.49. The van der Waals surface area contributed by atoms with Crippen LogP contribution in [0.1, 0.15) is 13.3 Å². The standard InChI is InChI=1S/C12H14O3S/c1-9(11(13)7-12(14)15)8-16-10-5-3-2-4-6-10/h2-6,9H,7-8H2,1H3,(H,14,15). The maximum absolute atomic E-state index is 11.4. The van der Waals surface area contributed by atoms with Crippen LogP contribution in [0.3, 0.4) is 0 Å². The number of carboxylic acid groups (broad SMARTS) is 1. The number of Topliss-reactive ketones (excluding diaryl/α,β-unsaturated/α-hetero) is 1. The Hall–Kier alpha value is -1.29. The molecule has 0 aliphatic rings. The number of carbonyl (C=O) groups excluding carboxylic acids is 1. The molecule has 3 nitrogen and oxygen atoms in total. The highest BCUT2D eigenvalue weighted by Gasteiger charge is 2.16. The van der Waals surface area contributed by atoms with Crippen LogP contribution in [0.4, 0.5) is 0 Å². The zero-order chi connectivity index (χ0) is 12.0. The number of rotatable bonds is 6. The van der Waals surface area contributed by atoms with Gasteiger partial charge < -0.3 is 5.11 Å². The van der Waals surface area contributed by atoms with Crippen LogP contribution in [0.5, 0.6) is 0 Å². The predicted molar refractivity (Wildman–Crippen MR) is 63.6 cm³/mol. The topological polar surface area (TPSA) is 54.4 Å². The molecule has 0 radical (unpaired) electrons. The fraction of sp³-hybridized carbons (Fsp3) is 0.333. The Morgan fingerprint density at radius 1 is 1.31 bits per heavy atom. The summed E-state index contributed by atoms with van der Waals surface area (Å²) in [5, 5.41) is 8.49. The van der Waals surface area contributed by atoms with E-state index in [9.17, 15) is 9.59 Å². The second-order valence-corrected chi connectivity index (χ2v) is 4.66. The molecular formula is C12H14O3S. The molecule has 0 saturated heterocycles. The van der Waals surface area contributed by atoms with Crippen molar-refractivity contribution >= 4 is 23.5 Å². The zero-order valence-electron chi connectivity index (χ0n) is 9.05. The Balaban J connectivity index is 2.38. The Labute approximate surface area is 98.9 Å². The van der Waals surface area contributed by atoms with Crippen molar-refractivity contribution in [1.82, 2.24) is 0 Å². The van der Waals surface area contributed by atoms with Gasteiger partial charge in [-0.05, 0) is 12.1 Å². The minimum Gasteiger partial charge on any atom is -0.481 e. The van der Waals surface area contributed by atoms with Gasteiger partial charge in [0, 0.05) is 16.6 Å². The highest BCUT2D eigenvalue weighted by Crippen LogP contribution is 2.20. The van der Waals surface area contributed by atoms with E-state index in [-0.39, 0.29) is 18.1 Å². The molecule has 1 N–H and O–H groups in total. The molecule has 4 heteroatoms. The monoisotopic (exact) mass is 238 g/mol. The van der Waals surface area contributed by atoms with Gasteiger partial charge in [0.15, 0.2) is 0 Å². The quantitative estimate of drug-likeness (QED) is 0.611. The van der Waals surface area contributed by atoms with E-state index in [4.69, 9.17) is 5.11 Å². The Morgan fingerprint density at radius 2 is 1.94 bits per heavy atom. The van der Waals surface area contributed by atoms with Gasteiger partial charge in [0.25, 0.3) is 0 Å². The van der Waals surface area contributed by atoms with Crippen LogP contribution >= 0.6 is 11.8 Å². The molecule has 86 valence electrons. The van der Waals surface area contributed by atoms with Crippen LogP contribution in [-0.2, 0) is 9.59 Å². The summed E-state index contributed by atoms with van der Waals surface area (Å²) in [6, 6.07) is 9.75. The van der Waals surface area contributed by atoms with E-state index < -0.39 is 5.97 Å². The van der Waals surface area contributed by atoms with Gasteiger partial charge in [-0.2, -0.15) is 0 Å². The summed E-state index contributed by atoms with van der Waals surface area (Å²) in [4.78, 5) is 22.8. The molecule has 0 aliphatic heterocycles. The molecule has 0 saturated carbocycles. The number of aliphatic carboxylic acids is 1. The Bertz CT molecular complexity index is 362. The maximum atomic E-state index is 11.4. The van der Waals surface area contributed by atoms with Crippen LogP contribution in [0.15, 0.2) is 35.2 Å². The SMILES string of the molecule is CC(CSc1ccccc1)C(=O)CC(=O)O. The Kier molecular flexibility index (Phi) is 5.05. The van der Waals surface area contributed by atoms with Crippen molar-refractivity contribution in [3.05, 3.63) is 30.3 Å². The van der Waals surface area contributed by atoms with Crippen molar-refractivity contribution in [2.24, 2.45) is 5.92 Å². The molecule has 0 spiro atoms. The number of carboxylic acids is 1. The number of benzene rings is 1.